The zero-order chi connectivity index (χ0) is 14.6. The van der Waals surface area contributed by atoms with E-state index in [1.807, 2.05) is 12.1 Å². The Morgan fingerprint density at radius 3 is 2.50 bits per heavy atom. The molecule has 2 aromatic rings. The Kier molecular flexibility index (Phi) is 4.26. The van der Waals surface area contributed by atoms with E-state index in [4.69, 9.17) is 11.6 Å². The van der Waals surface area contributed by atoms with E-state index in [-0.39, 0.29) is 12.2 Å². The Morgan fingerprint density at radius 1 is 1.20 bits per heavy atom. The quantitative estimate of drug-likeness (QED) is 0.904. The first-order valence-electron chi connectivity index (χ1n) is 6.21. The molecular formula is C16H14ClFN2. The van der Waals surface area contributed by atoms with Gasteiger partial charge in [-0.15, -0.1) is 0 Å². The summed E-state index contributed by atoms with van der Waals surface area (Å²) in [7, 11) is 0. The zero-order valence-electron chi connectivity index (χ0n) is 11.0. The minimum absolute atomic E-state index is 0.251. The van der Waals surface area contributed by atoms with Crippen LogP contribution in [-0.2, 0) is 6.42 Å². The van der Waals surface area contributed by atoms with Crippen LogP contribution in [-0.4, -0.2) is 5.54 Å². The van der Waals surface area contributed by atoms with E-state index in [0.717, 1.165) is 0 Å². The summed E-state index contributed by atoms with van der Waals surface area (Å²) in [6.45, 7) is 1.72. The fraction of sp³-hybridized carbons (Fsp3) is 0.188. The molecule has 2 rings (SSSR count). The van der Waals surface area contributed by atoms with Crippen LogP contribution in [0.2, 0.25) is 5.02 Å². The first kappa shape index (κ1) is 14.4. The maximum absolute atomic E-state index is 13.7. The van der Waals surface area contributed by atoms with Crippen molar-refractivity contribution in [2.75, 3.05) is 5.32 Å². The number of benzene rings is 2. The van der Waals surface area contributed by atoms with Gasteiger partial charge in [-0.2, -0.15) is 5.26 Å². The van der Waals surface area contributed by atoms with Crippen LogP contribution in [0, 0.1) is 17.1 Å². The molecule has 4 heteroatoms. The van der Waals surface area contributed by atoms with E-state index < -0.39 is 5.54 Å². The summed E-state index contributed by atoms with van der Waals surface area (Å²) in [5, 5.41) is 13.0. The lowest BCUT2D eigenvalue weighted by Gasteiger charge is -2.25. The van der Waals surface area contributed by atoms with Crippen molar-refractivity contribution >= 4 is 17.3 Å². The SMILES string of the molecule is CC(C#N)(Cc1ccccc1F)Nc1ccccc1Cl. The lowest BCUT2D eigenvalue weighted by Crippen LogP contribution is -2.35. The molecule has 1 atom stereocenters. The molecule has 0 radical (unpaired) electrons. The first-order chi connectivity index (χ1) is 9.54. The smallest absolute Gasteiger partial charge is 0.126 e. The van der Waals surface area contributed by atoms with Gasteiger partial charge in [0.2, 0.25) is 0 Å². The lowest BCUT2D eigenvalue weighted by molar-refractivity contribution is 0.575. The van der Waals surface area contributed by atoms with Gasteiger partial charge >= 0.3 is 0 Å². The molecule has 0 aliphatic rings. The minimum atomic E-state index is -0.937. The third kappa shape index (κ3) is 3.28. The molecule has 1 N–H and O–H groups in total. The molecule has 20 heavy (non-hydrogen) atoms. The van der Waals surface area contributed by atoms with Crippen LogP contribution in [0.15, 0.2) is 48.5 Å². The van der Waals surface area contributed by atoms with Crippen molar-refractivity contribution in [3.8, 4) is 6.07 Å². The van der Waals surface area contributed by atoms with Gasteiger partial charge in [-0.05, 0) is 30.7 Å². The molecule has 2 aromatic carbocycles. The molecule has 0 fully saturated rings. The number of anilines is 1. The highest BCUT2D eigenvalue weighted by molar-refractivity contribution is 6.33. The van der Waals surface area contributed by atoms with Gasteiger partial charge in [0.25, 0.3) is 0 Å². The summed E-state index contributed by atoms with van der Waals surface area (Å²) in [5.41, 5.74) is 0.221. The van der Waals surface area contributed by atoms with E-state index in [9.17, 15) is 9.65 Å². The topological polar surface area (TPSA) is 35.8 Å². The van der Waals surface area contributed by atoms with Crippen molar-refractivity contribution in [3.63, 3.8) is 0 Å². The molecular weight excluding hydrogens is 275 g/mol. The molecule has 0 amide bonds. The summed E-state index contributed by atoms with van der Waals surface area (Å²) in [6.07, 6.45) is 0.251. The molecule has 2 nitrogen and oxygen atoms in total. The van der Waals surface area contributed by atoms with Gasteiger partial charge in [-0.3, -0.25) is 0 Å². The summed E-state index contributed by atoms with van der Waals surface area (Å²) < 4.78 is 13.7. The lowest BCUT2D eigenvalue weighted by atomic mass is 9.93. The van der Waals surface area contributed by atoms with Crippen molar-refractivity contribution in [1.29, 1.82) is 5.26 Å². The molecule has 0 bridgehead atoms. The predicted octanol–water partition coefficient (Wildman–Crippen LogP) is 4.42. The normalized spacial score (nSPS) is 13.3. The summed E-state index contributed by atoms with van der Waals surface area (Å²) in [4.78, 5) is 0. The Labute approximate surface area is 122 Å². The second-order valence-corrected chi connectivity index (χ2v) is 5.22. The van der Waals surface area contributed by atoms with E-state index in [2.05, 4.69) is 11.4 Å². The zero-order valence-corrected chi connectivity index (χ0v) is 11.8. The number of hydrogen-bond acceptors (Lipinski definition) is 2. The van der Waals surface area contributed by atoms with E-state index in [1.54, 1.807) is 37.3 Å². The van der Waals surface area contributed by atoms with Crippen LogP contribution >= 0.6 is 11.6 Å². The number of nitriles is 1. The van der Waals surface area contributed by atoms with Gasteiger partial charge in [0, 0.05) is 6.42 Å². The summed E-state index contributed by atoms with van der Waals surface area (Å²) in [6, 6.07) is 15.8. The van der Waals surface area contributed by atoms with Crippen molar-refractivity contribution < 1.29 is 4.39 Å². The van der Waals surface area contributed by atoms with Gasteiger partial charge in [0.15, 0.2) is 0 Å². The van der Waals surface area contributed by atoms with Gasteiger partial charge in [-0.1, -0.05) is 41.9 Å². The van der Waals surface area contributed by atoms with Crippen LogP contribution in [0.1, 0.15) is 12.5 Å². The molecule has 0 aliphatic heterocycles. The largest absolute Gasteiger partial charge is 0.366 e. The van der Waals surface area contributed by atoms with Gasteiger partial charge in [0.05, 0.1) is 16.8 Å². The Balaban J connectivity index is 2.25. The van der Waals surface area contributed by atoms with E-state index in [0.29, 0.717) is 16.3 Å². The van der Waals surface area contributed by atoms with Crippen LogP contribution in [0.5, 0.6) is 0 Å². The average Bonchev–Trinajstić information content (AvgIpc) is 2.44. The number of rotatable bonds is 4. The molecule has 0 heterocycles. The number of halogens is 2. The summed E-state index contributed by atoms with van der Waals surface area (Å²) in [5.74, 6) is -0.310. The van der Waals surface area contributed by atoms with Crippen LogP contribution < -0.4 is 5.32 Å². The fourth-order valence-corrected chi connectivity index (χ4v) is 2.18. The van der Waals surface area contributed by atoms with Crippen LogP contribution in [0.4, 0.5) is 10.1 Å². The maximum atomic E-state index is 13.7. The van der Waals surface area contributed by atoms with Crippen molar-refractivity contribution in [1.82, 2.24) is 0 Å². The Hall–Kier alpha value is -2.05. The Morgan fingerprint density at radius 2 is 1.85 bits per heavy atom. The molecule has 1 unspecified atom stereocenters. The summed E-state index contributed by atoms with van der Waals surface area (Å²) >= 11 is 6.08. The number of nitrogens with zero attached hydrogens (tertiary/aromatic N) is 1. The predicted molar refractivity (Wildman–Crippen MR) is 79.2 cm³/mol. The van der Waals surface area contributed by atoms with Gasteiger partial charge < -0.3 is 5.32 Å². The highest BCUT2D eigenvalue weighted by Gasteiger charge is 2.26. The molecule has 0 aromatic heterocycles. The molecule has 0 aliphatic carbocycles. The standard InChI is InChI=1S/C16H14ClFN2/c1-16(11-19,10-12-6-2-4-8-14(12)18)20-15-9-5-3-7-13(15)17/h2-9,20H,10H2,1H3. The van der Waals surface area contributed by atoms with Crippen molar-refractivity contribution in [3.05, 3.63) is 64.9 Å². The van der Waals surface area contributed by atoms with Gasteiger partial charge in [0.1, 0.15) is 11.4 Å². The third-order valence-electron chi connectivity index (χ3n) is 3.03. The van der Waals surface area contributed by atoms with Crippen LogP contribution in [0.25, 0.3) is 0 Å². The monoisotopic (exact) mass is 288 g/mol. The average molecular weight is 289 g/mol. The second-order valence-electron chi connectivity index (χ2n) is 4.82. The maximum Gasteiger partial charge on any atom is 0.126 e. The van der Waals surface area contributed by atoms with Crippen LogP contribution in [0.3, 0.4) is 0 Å². The molecule has 0 saturated carbocycles. The highest BCUT2D eigenvalue weighted by Crippen LogP contribution is 2.26. The minimum Gasteiger partial charge on any atom is -0.366 e. The number of nitrogens with one attached hydrogen (secondary N) is 1. The highest BCUT2D eigenvalue weighted by atomic mass is 35.5. The third-order valence-corrected chi connectivity index (χ3v) is 3.36. The van der Waals surface area contributed by atoms with Crippen molar-refractivity contribution in [2.45, 2.75) is 18.9 Å². The number of para-hydroxylation sites is 1. The van der Waals surface area contributed by atoms with E-state index in [1.165, 1.54) is 6.07 Å². The van der Waals surface area contributed by atoms with Crippen molar-refractivity contribution in [2.24, 2.45) is 0 Å². The molecule has 0 saturated heterocycles. The number of hydrogen-bond donors (Lipinski definition) is 1. The van der Waals surface area contributed by atoms with Gasteiger partial charge in [-0.25, -0.2) is 4.39 Å². The molecule has 0 spiro atoms. The second kappa shape index (κ2) is 5.94. The fourth-order valence-electron chi connectivity index (χ4n) is 1.99. The van der Waals surface area contributed by atoms with E-state index >= 15 is 0 Å². The molecule has 102 valence electrons. The first-order valence-corrected chi connectivity index (χ1v) is 6.59. The Bertz CT molecular complexity index is 601.